The topological polar surface area (TPSA) is 65.7 Å². The molecule has 0 amide bonds. The maximum atomic E-state index is 5.50. The zero-order valence-corrected chi connectivity index (χ0v) is 16.8. The summed E-state index contributed by atoms with van der Waals surface area (Å²) >= 11 is 0. The fourth-order valence-electron chi connectivity index (χ4n) is 4.05. The number of hydrogen-bond donors (Lipinski definition) is 2. The van der Waals surface area contributed by atoms with E-state index in [1.54, 1.807) is 0 Å². The number of aromatic nitrogens is 1. The zero-order chi connectivity index (χ0) is 18.5. The second kappa shape index (κ2) is 8.89. The molecule has 2 heterocycles. The number of rotatable bonds is 8. The quantitative estimate of drug-likeness (QED) is 0.550. The van der Waals surface area contributed by atoms with E-state index in [1.165, 1.54) is 19.3 Å². The van der Waals surface area contributed by atoms with E-state index in [9.17, 15) is 0 Å². The molecule has 1 saturated carbocycles. The molecule has 1 aliphatic carbocycles. The Labute approximate surface area is 157 Å². The fourth-order valence-corrected chi connectivity index (χ4v) is 4.05. The Bertz CT molecular complexity index is 591. The van der Waals surface area contributed by atoms with Crippen molar-refractivity contribution in [3.8, 4) is 0 Å². The van der Waals surface area contributed by atoms with Gasteiger partial charge in [-0.1, -0.05) is 19.0 Å². The van der Waals surface area contributed by atoms with Crippen LogP contribution in [0, 0.1) is 0 Å². The molecule has 1 aromatic heterocycles. The molecule has 1 aromatic rings. The Morgan fingerprint density at radius 3 is 2.77 bits per heavy atom. The van der Waals surface area contributed by atoms with Crippen LogP contribution in [-0.4, -0.2) is 47.2 Å². The predicted octanol–water partition coefficient (Wildman–Crippen LogP) is 3.26. The van der Waals surface area contributed by atoms with Crippen molar-refractivity contribution in [1.82, 2.24) is 20.7 Å². The van der Waals surface area contributed by atoms with E-state index < -0.39 is 0 Å². The van der Waals surface area contributed by atoms with Crippen LogP contribution in [-0.2, 0) is 6.54 Å². The molecule has 2 atom stereocenters. The monoisotopic (exact) mass is 361 g/mol. The number of aliphatic imine (C=N–C) groups is 1. The Hall–Kier alpha value is -1.56. The third-order valence-corrected chi connectivity index (χ3v) is 5.70. The van der Waals surface area contributed by atoms with Crippen molar-refractivity contribution in [3.63, 3.8) is 0 Å². The van der Waals surface area contributed by atoms with Gasteiger partial charge in [-0.25, -0.2) is 4.99 Å². The first-order valence-electron chi connectivity index (χ1n) is 10.4. The van der Waals surface area contributed by atoms with Gasteiger partial charge in [-0.3, -0.25) is 4.90 Å². The maximum absolute atomic E-state index is 5.50. The molecule has 6 nitrogen and oxygen atoms in total. The average molecular weight is 362 g/mol. The van der Waals surface area contributed by atoms with Gasteiger partial charge in [0.05, 0.1) is 5.69 Å². The van der Waals surface area contributed by atoms with Crippen molar-refractivity contribution in [1.29, 1.82) is 0 Å². The largest absolute Gasteiger partial charge is 0.359 e. The first kappa shape index (κ1) is 19.2. The molecule has 2 unspecified atom stereocenters. The Kier molecular flexibility index (Phi) is 6.57. The normalized spacial score (nSPS) is 24.4. The fraction of sp³-hybridized carbons (Fsp3) is 0.800. The molecular weight excluding hydrogens is 326 g/mol. The van der Waals surface area contributed by atoms with Crippen molar-refractivity contribution in [2.45, 2.75) is 90.4 Å². The summed E-state index contributed by atoms with van der Waals surface area (Å²) in [5.74, 6) is 2.20. The number of hydrogen-bond acceptors (Lipinski definition) is 4. The Morgan fingerprint density at radius 1 is 1.35 bits per heavy atom. The van der Waals surface area contributed by atoms with Crippen LogP contribution in [0.2, 0.25) is 0 Å². The lowest BCUT2D eigenvalue weighted by molar-refractivity contribution is 0.256. The van der Waals surface area contributed by atoms with Gasteiger partial charge in [0.15, 0.2) is 11.7 Å². The zero-order valence-electron chi connectivity index (χ0n) is 16.8. The van der Waals surface area contributed by atoms with Gasteiger partial charge in [-0.05, 0) is 46.0 Å². The van der Waals surface area contributed by atoms with Crippen LogP contribution >= 0.6 is 0 Å². The molecule has 6 heteroatoms. The molecule has 26 heavy (non-hydrogen) atoms. The van der Waals surface area contributed by atoms with Crippen molar-refractivity contribution in [2.75, 3.05) is 13.1 Å². The highest BCUT2D eigenvalue weighted by Gasteiger charge is 2.38. The van der Waals surface area contributed by atoms with Gasteiger partial charge in [0.2, 0.25) is 0 Å². The molecule has 2 N–H and O–H groups in total. The van der Waals surface area contributed by atoms with Crippen LogP contribution in [0.25, 0.3) is 0 Å². The molecule has 1 aliphatic heterocycles. The summed E-state index contributed by atoms with van der Waals surface area (Å²) in [6, 6.07) is 4.03. The lowest BCUT2D eigenvalue weighted by atomic mass is 9.99. The first-order chi connectivity index (χ1) is 12.6. The van der Waals surface area contributed by atoms with Crippen LogP contribution in [0.3, 0.4) is 0 Å². The van der Waals surface area contributed by atoms with Crippen LogP contribution in [0.15, 0.2) is 15.6 Å². The molecule has 0 spiro atoms. The highest BCUT2D eigenvalue weighted by Crippen LogP contribution is 2.33. The molecule has 0 bridgehead atoms. The van der Waals surface area contributed by atoms with Gasteiger partial charge in [-0.2, -0.15) is 0 Å². The third kappa shape index (κ3) is 4.78. The van der Waals surface area contributed by atoms with E-state index in [0.717, 1.165) is 49.4 Å². The first-order valence-corrected chi connectivity index (χ1v) is 10.4. The molecule has 1 saturated heterocycles. The van der Waals surface area contributed by atoms with Gasteiger partial charge in [-0.15, -0.1) is 0 Å². The molecular formula is C20H35N5O. The number of nitrogens with zero attached hydrogens (tertiary/aromatic N) is 3. The van der Waals surface area contributed by atoms with E-state index in [-0.39, 0.29) is 0 Å². The summed E-state index contributed by atoms with van der Waals surface area (Å²) in [6.07, 6.45) is 6.10. The van der Waals surface area contributed by atoms with Crippen molar-refractivity contribution >= 4 is 5.96 Å². The summed E-state index contributed by atoms with van der Waals surface area (Å²) in [5.41, 5.74) is 1.06. The summed E-state index contributed by atoms with van der Waals surface area (Å²) < 4.78 is 5.50. The van der Waals surface area contributed by atoms with Crippen LogP contribution in [0.4, 0.5) is 0 Å². The molecule has 2 fully saturated rings. The summed E-state index contributed by atoms with van der Waals surface area (Å²) in [5, 5.41) is 11.2. The lowest BCUT2D eigenvalue weighted by Gasteiger charge is -2.20. The lowest BCUT2D eigenvalue weighted by Crippen LogP contribution is -2.44. The number of likely N-dealkylation sites (tertiary alicyclic amines) is 1. The number of guanidine groups is 1. The van der Waals surface area contributed by atoms with Crippen molar-refractivity contribution in [2.24, 2.45) is 4.99 Å². The van der Waals surface area contributed by atoms with E-state index in [1.807, 2.05) is 0 Å². The Morgan fingerprint density at radius 2 is 2.12 bits per heavy atom. The van der Waals surface area contributed by atoms with E-state index in [2.05, 4.69) is 54.5 Å². The van der Waals surface area contributed by atoms with Crippen molar-refractivity contribution < 1.29 is 4.52 Å². The average Bonchev–Trinajstić information content (AvgIpc) is 3.25. The second-order valence-electron chi connectivity index (χ2n) is 7.78. The minimum Gasteiger partial charge on any atom is -0.359 e. The smallest absolute Gasteiger partial charge is 0.191 e. The number of nitrogens with one attached hydrogen (secondary N) is 2. The highest BCUT2D eigenvalue weighted by atomic mass is 16.5. The van der Waals surface area contributed by atoms with E-state index in [4.69, 9.17) is 9.52 Å². The van der Waals surface area contributed by atoms with Gasteiger partial charge in [0.25, 0.3) is 0 Å². The SMILES string of the molecule is CCNC(=NCc1cc(C(CC)CC)no1)NC1CC(C)N(C2CC2)C1. The van der Waals surface area contributed by atoms with Gasteiger partial charge in [0, 0.05) is 43.2 Å². The molecule has 0 aromatic carbocycles. The van der Waals surface area contributed by atoms with Gasteiger partial charge >= 0.3 is 0 Å². The molecule has 146 valence electrons. The Balaban J connectivity index is 1.57. The van der Waals surface area contributed by atoms with Gasteiger partial charge < -0.3 is 15.2 Å². The van der Waals surface area contributed by atoms with Crippen molar-refractivity contribution in [3.05, 3.63) is 17.5 Å². The van der Waals surface area contributed by atoms with Crippen LogP contribution < -0.4 is 10.6 Å². The third-order valence-electron chi connectivity index (χ3n) is 5.70. The maximum Gasteiger partial charge on any atom is 0.191 e. The minimum atomic E-state index is 0.471. The standard InChI is InChI=1S/C20H35N5O/c1-5-15(6-2)19-11-18(26-24-19)12-22-20(21-7-3)23-16-10-14(4)25(13-16)17-8-9-17/h11,14-17H,5-10,12-13H2,1-4H3,(H2,21,22,23). The van der Waals surface area contributed by atoms with E-state index >= 15 is 0 Å². The second-order valence-corrected chi connectivity index (χ2v) is 7.78. The summed E-state index contributed by atoms with van der Waals surface area (Å²) in [4.78, 5) is 7.38. The van der Waals surface area contributed by atoms with Crippen LogP contribution in [0.1, 0.15) is 77.2 Å². The highest BCUT2D eigenvalue weighted by molar-refractivity contribution is 5.80. The predicted molar refractivity (Wildman–Crippen MR) is 105 cm³/mol. The molecule has 3 rings (SSSR count). The molecule has 0 radical (unpaired) electrons. The van der Waals surface area contributed by atoms with E-state index in [0.29, 0.717) is 24.5 Å². The minimum absolute atomic E-state index is 0.471. The van der Waals surface area contributed by atoms with Gasteiger partial charge in [0.1, 0.15) is 6.54 Å². The van der Waals surface area contributed by atoms with Crippen LogP contribution in [0.5, 0.6) is 0 Å². The molecule has 2 aliphatic rings. The summed E-state index contributed by atoms with van der Waals surface area (Å²) in [7, 11) is 0. The summed E-state index contributed by atoms with van der Waals surface area (Å²) in [6.45, 7) is 11.3.